The van der Waals surface area contributed by atoms with Crippen LogP contribution in [-0.2, 0) is 21.3 Å². The van der Waals surface area contributed by atoms with Crippen LogP contribution in [0.5, 0.6) is 5.75 Å². The Morgan fingerprint density at radius 2 is 1.96 bits per heavy atom. The lowest BCUT2D eigenvalue weighted by Crippen LogP contribution is -2.15. The third-order valence-electron chi connectivity index (χ3n) is 3.81. The van der Waals surface area contributed by atoms with E-state index in [9.17, 15) is 9.00 Å². The second-order valence-corrected chi connectivity index (χ2v) is 7.76. The van der Waals surface area contributed by atoms with Crippen LogP contribution in [0.2, 0.25) is 5.02 Å². The Bertz CT molecular complexity index is 993. The fourth-order valence-electron chi connectivity index (χ4n) is 2.44. The fraction of sp³-hybridized carbons (Fsp3) is 0.211. The lowest BCUT2D eigenvalue weighted by molar-refractivity contribution is -0.115. The predicted octanol–water partition coefficient (Wildman–Crippen LogP) is 3.68. The Kier molecular flexibility index (Phi) is 6.78. The molecule has 7 nitrogen and oxygen atoms in total. The van der Waals surface area contributed by atoms with Crippen molar-refractivity contribution in [2.75, 3.05) is 18.2 Å². The van der Waals surface area contributed by atoms with Gasteiger partial charge in [0.2, 0.25) is 17.6 Å². The maximum atomic E-state index is 12.3. The lowest BCUT2D eigenvalue weighted by atomic mass is 10.2. The number of hydrogen-bond donors (Lipinski definition) is 1. The summed E-state index contributed by atoms with van der Waals surface area (Å²) in [5, 5.41) is 7.06. The van der Waals surface area contributed by atoms with Gasteiger partial charge in [-0.25, -0.2) is 0 Å². The molecule has 0 saturated carbocycles. The third kappa shape index (κ3) is 5.17. The maximum absolute atomic E-state index is 12.3. The van der Waals surface area contributed by atoms with Gasteiger partial charge in [0.05, 0.1) is 23.4 Å². The first kappa shape index (κ1) is 20.0. The highest BCUT2D eigenvalue weighted by Gasteiger charge is 2.15. The quantitative estimate of drug-likeness (QED) is 0.598. The summed E-state index contributed by atoms with van der Waals surface area (Å²) in [6, 6.07) is 14.2. The van der Waals surface area contributed by atoms with Crippen molar-refractivity contribution in [2.24, 2.45) is 0 Å². The number of ether oxygens (including phenoxy) is 1. The summed E-state index contributed by atoms with van der Waals surface area (Å²) in [6.45, 7) is 0. The highest BCUT2D eigenvalue weighted by atomic mass is 35.5. The van der Waals surface area contributed by atoms with Gasteiger partial charge in [-0.1, -0.05) is 41.0 Å². The molecule has 0 radical (unpaired) electrons. The number of methoxy groups -OCH3 is 1. The standard InChI is InChI=1S/C19H18ClN3O4S/c1-26-16-9-5-2-6-13(16)19-22-18(27-23-19)12-28(25)11-10-17(24)21-15-8-4-3-7-14(15)20/h2-9H,10-12H2,1H3,(H,21,24). The zero-order chi connectivity index (χ0) is 19.9. The zero-order valence-electron chi connectivity index (χ0n) is 15.1. The maximum Gasteiger partial charge on any atom is 0.239 e. The van der Waals surface area contributed by atoms with E-state index in [1.165, 1.54) is 0 Å². The highest BCUT2D eigenvalue weighted by Crippen LogP contribution is 2.27. The molecule has 1 heterocycles. The zero-order valence-corrected chi connectivity index (χ0v) is 16.6. The smallest absolute Gasteiger partial charge is 0.239 e. The van der Waals surface area contributed by atoms with Gasteiger partial charge in [-0.05, 0) is 24.3 Å². The van der Waals surface area contributed by atoms with E-state index < -0.39 is 10.8 Å². The second-order valence-electron chi connectivity index (χ2n) is 5.78. The van der Waals surface area contributed by atoms with Crippen molar-refractivity contribution in [3.8, 4) is 17.1 Å². The van der Waals surface area contributed by atoms with Crippen molar-refractivity contribution in [1.29, 1.82) is 0 Å². The number of nitrogens with one attached hydrogen (secondary N) is 1. The molecule has 0 spiro atoms. The molecule has 3 aromatic rings. The molecule has 1 unspecified atom stereocenters. The summed E-state index contributed by atoms with van der Waals surface area (Å²) in [5.41, 5.74) is 1.21. The number of rotatable bonds is 8. The van der Waals surface area contributed by atoms with Crippen molar-refractivity contribution in [3.63, 3.8) is 0 Å². The predicted molar refractivity (Wildman–Crippen MR) is 108 cm³/mol. The van der Waals surface area contributed by atoms with Gasteiger partial charge in [-0.3, -0.25) is 9.00 Å². The molecule has 146 valence electrons. The summed E-state index contributed by atoms with van der Waals surface area (Å²) in [7, 11) is 0.232. The Labute approximate surface area is 169 Å². The third-order valence-corrected chi connectivity index (χ3v) is 5.36. The van der Waals surface area contributed by atoms with Crippen molar-refractivity contribution in [1.82, 2.24) is 10.1 Å². The molecule has 1 N–H and O–H groups in total. The molecule has 28 heavy (non-hydrogen) atoms. The molecular formula is C19H18ClN3O4S. The molecule has 0 aliphatic heterocycles. The number of anilines is 1. The van der Waals surface area contributed by atoms with Gasteiger partial charge in [0, 0.05) is 23.0 Å². The molecule has 3 rings (SSSR count). The van der Waals surface area contributed by atoms with Crippen LogP contribution in [0.1, 0.15) is 12.3 Å². The Morgan fingerprint density at radius 3 is 2.75 bits per heavy atom. The van der Waals surface area contributed by atoms with Crippen LogP contribution in [0.4, 0.5) is 5.69 Å². The number of hydrogen-bond acceptors (Lipinski definition) is 6. The van der Waals surface area contributed by atoms with Gasteiger partial charge < -0.3 is 14.6 Å². The molecule has 9 heteroatoms. The van der Waals surface area contributed by atoms with E-state index in [4.69, 9.17) is 20.9 Å². The van der Waals surface area contributed by atoms with Crippen LogP contribution in [0.25, 0.3) is 11.4 Å². The second kappa shape index (κ2) is 9.48. The molecule has 2 aromatic carbocycles. The number of nitrogens with zero attached hydrogens (tertiary/aromatic N) is 2. The Balaban J connectivity index is 1.53. The van der Waals surface area contributed by atoms with Crippen LogP contribution in [0, 0.1) is 0 Å². The minimum Gasteiger partial charge on any atom is -0.496 e. The molecule has 0 aliphatic carbocycles. The van der Waals surface area contributed by atoms with Crippen LogP contribution >= 0.6 is 11.6 Å². The van der Waals surface area contributed by atoms with E-state index in [1.807, 2.05) is 18.2 Å². The van der Waals surface area contributed by atoms with Gasteiger partial charge in [0.1, 0.15) is 11.5 Å². The topological polar surface area (TPSA) is 94.3 Å². The van der Waals surface area contributed by atoms with Crippen LogP contribution in [0.3, 0.4) is 0 Å². The molecule has 0 fully saturated rings. The summed E-state index contributed by atoms with van der Waals surface area (Å²) in [6.07, 6.45) is 0.0886. The number of benzene rings is 2. The number of aromatic nitrogens is 2. The number of halogens is 1. The van der Waals surface area contributed by atoms with Crippen LogP contribution in [-0.4, -0.2) is 33.1 Å². The van der Waals surface area contributed by atoms with Gasteiger partial charge >= 0.3 is 0 Å². The first-order chi connectivity index (χ1) is 13.6. The molecule has 0 saturated heterocycles. The van der Waals surface area contributed by atoms with Crippen molar-refractivity contribution in [2.45, 2.75) is 12.2 Å². The van der Waals surface area contributed by atoms with E-state index in [0.717, 1.165) is 0 Å². The number of carbonyl (C=O) groups excluding carboxylic acids is 1. The van der Waals surface area contributed by atoms with E-state index in [1.54, 1.807) is 37.4 Å². The summed E-state index contributed by atoms with van der Waals surface area (Å²) in [4.78, 5) is 16.3. The van der Waals surface area contributed by atoms with Crippen LogP contribution < -0.4 is 10.1 Å². The number of para-hydroxylation sites is 2. The first-order valence-electron chi connectivity index (χ1n) is 8.42. The molecule has 0 aliphatic rings. The Morgan fingerprint density at radius 1 is 1.21 bits per heavy atom. The van der Waals surface area contributed by atoms with Gasteiger partial charge in [0.25, 0.3) is 0 Å². The molecule has 0 bridgehead atoms. The van der Waals surface area contributed by atoms with E-state index >= 15 is 0 Å². The number of carbonyl (C=O) groups is 1. The summed E-state index contributed by atoms with van der Waals surface area (Å²) in [5.74, 6) is 1.20. The van der Waals surface area contributed by atoms with E-state index in [0.29, 0.717) is 27.8 Å². The largest absolute Gasteiger partial charge is 0.496 e. The molecular weight excluding hydrogens is 402 g/mol. The minimum absolute atomic E-state index is 0.0710. The first-order valence-corrected chi connectivity index (χ1v) is 10.3. The SMILES string of the molecule is COc1ccccc1-c1noc(CS(=O)CCC(=O)Nc2ccccc2Cl)n1. The average molecular weight is 420 g/mol. The summed E-state index contributed by atoms with van der Waals surface area (Å²) < 4.78 is 22.7. The highest BCUT2D eigenvalue weighted by molar-refractivity contribution is 7.84. The van der Waals surface area contributed by atoms with E-state index in [-0.39, 0.29) is 29.7 Å². The number of amides is 1. The normalized spacial score (nSPS) is 11.8. The average Bonchev–Trinajstić information content (AvgIpc) is 3.16. The fourth-order valence-corrected chi connectivity index (χ4v) is 3.58. The van der Waals surface area contributed by atoms with Crippen LogP contribution in [0.15, 0.2) is 53.1 Å². The van der Waals surface area contributed by atoms with Gasteiger partial charge in [0.15, 0.2) is 0 Å². The minimum atomic E-state index is -1.33. The van der Waals surface area contributed by atoms with E-state index in [2.05, 4.69) is 15.5 Å². The van der Waals surface area contributed by atoms with Crippen molar-refractivity contribution in [3.05, 3.63) is 59.4 Å². The van der Waals surface area contributed by atoms with Gasteiger partial charge in [-0.15, -0.1) is 0 Å². The monoisotopic (exact) mass is 419 g/mol. The molecule has 1 aromatic heterocycles. The van der Waals surface area contributed by atoms with Gasteiger partial charge in [-0.2, -0.15) is 4.98 Å². The Hall–Kier alpha value is -2.71. The summed E-state index contributed by atoms with van der Waals surface area (Å²) >= 11 is 6.00. The molecule has 1 amide bonds. The van der Waals surface area contributed by atoms with Crippen molar-refractivity contribution >= 4 is 34.0 Å². The lowest BCUT2D eigenvalue weighted by Gasteiger charge is -2.06. The van der Waals surface area contributed by atoms with Crippen molar-refractivity contribution < 1.29 is 18.3 Å². The molecule has 1 atom stereocenters.